The van der Waals surface area contributed by atoms with Gasteiger partial charge in [-0.25, -0.2) is 9.97 Å². The third kappa shape index (κ3) is 3.11. The Labute approximate surface area is 171 Å². The lowest BCUT2D eigenvalue weighted by molar-refractivity contribution is -0.383. The van der Waals surface area contributed by atoms with Gasteiger partial charge in [-0.2, -0.15) is 0 Å². The fraction of sp³-hybridized carbons (Fsp3) is 0.421. The van der Waals surface area contributed by atoms with Crippen molar-refractivity contribution in [1.82, 2.24) is 9.97 Å². The lowest BCUT2D eigenvalue weighted by Gasteiger charge is -2.44. The van der Waals surface area contributed by atoms with E-state index in [1.165, 1.54) is 20.5 Å². The van der Waals surface area contributed by atoms with Crippen molar-refractivity contribution in [3.05, 3.63) is 34.1 Å². The second kappa shape index (κ2) is 7.32. The van der Waals surface area contributed by atoms with Crippen molar-refractivity contribution in [3.63, 3.8) is 0 Å². The van der Waals surface area contributed by atoms with E-state index in [0.29, 0.717) is 48.7 Å². The van der Waals surface area contributed by atoms with E-state index in [9.17, 15) is 14.9 Å². The van der Waals surface area contributed by atoms with Crippen molar-refractivity contribution in [3.8, 4) is 17.2 Å². The summed E-state index contributed by atoms with van der Waals surface area (Å²) in [5.41, 5.74) is 5.10. The maximum atomic E-state index is 12.8. The SMILES string of the molecule is COc1ccc2c(c1OC)OC1(CCN(c3ncnc(N)c3[N+](=O)[O-])CC1)CC2=O. The average Bonchev–Trinajstić information content (AvgIpc) is 2.73. The molecule has 0 radical (unpaired) electrons. The van der Waals surface area contributed by atoms with E-state index in [-0.39, 0.29) is 29.5 Å². The van der Waals surface area contributed by atoms with Gasteiger partial charge in [-0.3, -0.25) is 14.9 Å². The highest BCUT2D eigenvalue weighted by atomic mass is 16.6. The molecule has 4 rings (SSSR count). The summed E-state index contributed by atoms with van der Waals surface area (Å²) in [5, 5.41) is 11.4. The normalized spacial score (nSPS) is 17.3. The second-order valence-corrected chi connectivity index (χ2v) is 7.24. The predicted octanol–water partition coefficient (Wildman–Crippen LogP) is 1.99. The maximum Gasteiger partial charge on any atom is 0.353 e. The Morgan fingerprint density at radius 3 is 2.60 bits per heavy atom. The summed E-state index contributed by atoms with van der Waals surface area (Å²) in [7, 11) is 3.01. The number of ether oxygens (including phenoxy) is 3. The summed E-state index contributed by atoms with van der Waals surface area (Å²) in [6, 6.07) is 3.35. The molecule has 11 nitrogen and oxygen atoms in total. The van der Waals surface area contributed by atoms with Gasteiger partial charge in [0, 0.05) is 25.9 Å². The standard InChI is InChI=1S/C19H21N5O6/c1-28-13-4-3-11-12(25)9-19(30-15(11)16(13)29-2)5-7-23(8-6-19)18-14(24(26)27)17(20)21-10-22-18/h3-4,10H,5-9H2,1-2H3,(H2,20,21,22). The van der Waals surface area contributed by atoms with Gasteiger partial charge in [0.1, 0.15) is 11.9 Å². The van der Waals surface area contributed by atoms with Crippen molar-refractivity contribution in [2.75, 3.05) is 37.9 Å². The molecule has 2 aliphatic heterocycles. The fourth-order valence-electron chi connectivity index (χ4n) is 4.05. The first-order chi connectivity index (χ1) is 14.4. The topological polar surface area (TPSA) is 143 Å². The van der Waals surface area contributed by atoms with E-state index in [2.05, 4.69) is 9.97 Å². The maximum absolute atomic E-state index is 12.8. The van der Waals surface area contributed by atoms with E-state index in [4.69, 9.17) is 19.9 Å². The Hall–Kier alpha value is -3.63. The molecule has 158 valence electrons. The van der Waals surface area contributed by atoms with Crippen LogP contribution in [0, 0.1) is 10.1 Å². The summed E-state index contributed by atoms with van der Waals surface area (Å²) in [6.45, 7) is 0.818. The van der Waals surface area contributed by atoms with Crippen LogP contribution < -0.4 is 24.8 Å². The molecule has 30 heavy (non-hydrogen) atoms. The molecule has 1 saturated heterocycles. The zero-order valence-electron chi connectivity index (χ0n) is 16.6. The predicted molar refractivity (Wildman–Crippen MR) is 106 cm³/mol. The Bertz CT molecular complexity index is 1020. The first-order valence-corrected chi connectivity index (χ1v) is 9.36. The van der Waals surface area contributed by atoms with E-state index in [1.54, 1.807) is 17.0 Å². The molecule has 1 aromatic heterocycles. The van der Waals surface area contributed by atoms with Gasteiger partial charge in [0.15, 0.2) is 17.3 Å². The fourth-order valence-corrected chi connectivity index (χ4v) is 4.05. The molecular weight excluding hydrogens is 394 g/mol. The number of fused-ring (bicyclic) bond motifs is 1. The van der Waals surface area contributed by atoms with Crippen LogP contribution in [0.1, 0.15) is 29.6 Å². The number of nitro groups is 1. The van der Waals surface area contributed by atoms with Crippen LogP contribution in [0.5, 0.6) is 17.2 Å². The third-order valence-electron chi connectivity index (χ3n) is 5.59. The number of ketones is 1. The van der Waals surface area contributed by atoms with Crippen LogP contribution in [0.3, 0.4) is 0 Å². The van der Waals surface area contributed by atoms with E-state index < -0.39 is 10.5 Å². The average molecular weight is 415 g/mol. The number of nitrogens with two attached hydrogens (primary N) is 1. The van der Waals surface area contributed by atoms with Crippen LogP contribution >= 0.6 is 0 Å². The number of aromatic nitrogens is 2. The zero-order valence-corrected chi connectivity index (χ0v) is 16.6. The number of piperidine rings is 1. The molecule has 2 aliphatic rings. The van der Waals surface area contributed by atoms with Crippen LogP contribution in [0.25, 0.3) is 0 Å². The number of nitrogen functional groups attached to an aromatic ring is 1. The van der Waals surface area contributed by atoms with Gasteiger partial charge in [-0.15, -0.1) is 0 Å². The molecule has 1 aromatic carbocycles. The Balaban J connectivity index is 1.61. The molecule has 1 spiro atoms. The van der Waals surface area contributed by atoms with Crippen LogP contribution in [-0.4, -0.2) is 53.6 Å². The smallest absolute Gasteiger partial charge is 0.353 e. The number of anilines is 2. The monoisotopic (exact) mass is 415 g/mol. The minimum Gasteiger partial charge on any atom is -0.493 e. The quantitative estimate of drug-likeness (QED) is 0.581. The highest BCUT2D eigenvalue weighted by molar-refractivity contribution is 6.01. The van der Waals surface area contributed by atoms with Crippen LogP contribution in [-0.2, 0) is 0 Å². The number of carbonyl (C=O) groups is 1. The number of nitrogens with zero attached hydrogens (tertiary/aromatic N) is 4. The Morgan fingerprint density at radius 2 is 1.97 bits per heavy atom. The minimum atomic E-state index is -0.729. The lowest BCUT2D eigenvalue weighted by atomic mass is 9.82. The summed E-state index contributed by atoms with van der Waals surface area (Å²) in [4.78, 5) is 33.2. The van der Waals surface area contributed by atoms with Gasteiger partial charge < -0.3 is 24.8 Å². The number of hydrogen-bond donors (Lipinski definition) is 1. The number of methoxy groups -OCH3 is 2. The van der Waals surface area contributed by atoms with Gasteiger partial charge >= 0.3 is 5.69 Å². The van der Waals surface area contributed by atoms with Gasteiger partial charge in [0.05, 0.1) is 31.1 Å². The third-order valence-corrected chi connectivity index (χ3v) is 5.59. The lowest BCUT2D eigenvalue weighted by Crippen LogP contribution is -2.51. The summed E-state index contributed by atoms with van der Waals surface area (Å²) in [6.07, 6.45) is 2.37. The molecule has 0 atom stereocenters. The van der Waals surface area contributed by atoms with E-state index in [1.807, 2.05) is 0 Å². The molecule has 0 unspecified atom stereocenters. The molecule has 0 aliphatic carbocycles. The number of Topliss-reactive ketones (excluding diaryl/α,β-unsaturated/α-hetero) is 1. The second-order valence-electron chi connectivity index (χ2n) is 7.24. The summed E-state index contributed by atoms with van der Waals surface area (Å²) >= 11 is 0. The first kappa shape index (κ1) is 19.7. The number of carbonyl (C=O) groups excluding carboxylic acids is 1. The van der Waals surface area contributed by atoms with Crippen molar-refractivity contribution in [2.24, 2.45) is 0 Å². The van der Waals surface area contributed by atoms with Crippen molar-refractivity contribution < 1.29 is 23.9 Å². The molecule has 1 fully saturated rings. The van der Waals surface area contributed by atoms with Gasteiger partial charge in [0.2, 0.25) is 17.4 Å². The number of rotatable bonds is 4. The van der Waals surface area contributed by atoms with E-state index in [0.717, 1.165) is 0 Å². The molecule has 0 saturated carbocycles. The molecular formula is C19H21N5O6. The summed E-state index contributed by atoms with van der Waals surface area (Å²) in [5.74, 6) is 1.18. The van der Waals surface area contributed by atoms with Crippen LogP contribution in [0.2, 0.25) is 0 Å². The first-order valence-electron chi connectivity index (χ1n) is 9.36. The molecule has 2 N–H and O–H groups in total. The highest BCUT2D eigenvalue weighted by Crippen LogP contribution is 2.48. The van der Waals surface area contributed by atoms with Crippen molar-refractivity contribution >= 4 is 23.1 Å². The molecule has 0 bridgehead atoms. The number of benzene rings is 1. The van der Waals surface area contributed by atoms with Crippen molar-refractivity contribution in [1.29, 1.82) is 0 Å². The molecule has 11 heteroatoms. The molecule has 2 aromatic rings. The Kier molecular flexibility index (Phi) is 4.80. The largest absolute Gasteiger partial charge is 0.493 e. The molecule has 0 amide bonds. The van der Waals surface area contributed by atoms with Crippen molar-refractivity contribution in [2.45, 2.75) is 24.9 Å². The summed E-state index contributed by atoms with van der Waals surface area (Å²) < 4.78 is 17.1. The zero-order chi connectivity index (χ0) is 21.5. The number of hydrogen-bond acceptors (Lipinski definition) is 10. The van der Waals surface area contributed by atoms with Crippen LogP contribution in [0.15, 0.2) is 18.5 Å². The van der Waals surface area contributed by atoms with E-state index >= 15 is 0 Å². The Morgan fingerprint density at radius 1 is 1.23 bits per heavy atom. The highest BCUT2D eigenvalue weighted by Gasteiger charge is 2.45. The van der Waals surface area contributed by atoms with Gasteiger partial charge in [-0.1, -0.05) is 0 Å². The molecule has 3 heterocycles. The minimum absolute atomic E-state index is 0.0390. The van der Waals surface area contributed by atoms with Gasteiger partial charge in [0.25, 0.3) is 0 Å². The van der Waals surface area contributed by atoms with Gasteiger partial charge in [-0.05, 0) is 12.1 Å². The van der Waals surface area contributed by atoms with Crippen LogP contribution in [0.4, 0.5) is 17.3 Å².